The quantitative estimate of drug-likeness (QED) is 0.205. The fourth-order valence-electron chi connectivity index (χ4n) is 4.77. The first-order valence-electron chi connectivity index (χ1n) is 13.6. The van der Waals surface area contributed by atoms with E-state index in [2.05, 4.69) is 10.3 Å². The molecule has 42 heavy (non-hydrogen) atoms. The van der Waals surface area contributed by atoms with Gasteiger partial charge in [0.1, 0.15) is 18.1 Å². The number of β-lactam (4-membered cyclic amide) rings is 1. The molecule has 9 nitrogen and oxygen atoms in total. The Morgan fingerprint density at radius 2 is 1.62 bits per heavy atom. The van der Waals surface area contributed by atoms with Gasteiger partial charge in [-0.05, 0) is 72.5 Å². The molecule has 5 rings (SSSR count). The number of urea groups is 1. The molecule has 0 radical (unpaired) electrons. The molecule has 3 aromatic carbocycles. The summed E-state index contributed by atoms with van der Waals surface area (Å²) in [6.07, 6.45) is 2.72. The number of esters is 1. The van der Waals surface area contributed by atoms with Crippen molar-refractivity contribution in [2.45, 2.75) is 32.2 Å². The van der Waals surface area contributed by atoms with Crippen molar-refractivity contribution < 1.29 is 28.6 Å². The van der Waals surface area contributed by atoms with E-state index < -0.39 is 24.1 Å². The number of aromatic nitrogens is 1. The molecule has 214 valence electrons. The van der Waals surface area contributed by atoms with Crippen molar-refractivity contribution in [3.05, 3.63) is 126 Å². The molecule has 1 aliphatic rings. The van der Waals surface area contributed by atoms with Crippen molar-refractivity contribution in [2.75, 3.05) is 7.11 Å². The molecule has 1 fully saturated rings. The zero-order chi connectivity index (χ0) is 29.5. The lowest BCUT2D eigenvalue weighted by molar-refractivity contribution is -0.166. The minimum Gasteiger partial charge on any atom is -0.496 e. The van der Waals surface area contributed by atoms with Crippen LogP contribution in [0, 0.1) is 5.92 Å². The fourth-order valence-corrected chi connectivity index (χ4v) is 4.77. The highest BCUT2D eigenvalue weighted by Crippen LogP contribution is 2.35. The molecule has 2 heterocycles. The number of para-hydroxylation sites is 1. The number of carbonyl (C=O) groups excluding carboxylic acids is 3. The molecule has 3 amide bonds. The maximum absolute atomic E-state index is 13.3. The Bertz CT molecular complexity index is 1530. The third kappa shape index (κ3) is 6.41. The molecule has 3 unspecified atom stereocenters. The summed E-state index contributed by atoms with van der Waals surface area (Å²) in [5.41, 5.74) is 2.91. The van der Waals surface area contributed by atoms with Gasteiger partial charge < -0.3 is 19.5 Å². The summed E-state index contributed by atoms with van der Waals surface area (Å²) in [4.78, 5) is 44.2. The Hall–Kier alpha value is -5.18. The Kier molecular flexibility index (Phi) is 8.77. The van der Waals surface area contributed by atoms with E-state index in [0.717, 1.165) is 21.6 Å². The van der Waals surface area contributed by atoms with Crippen LogP contribution in [0.25, 0.3) is 0 Å². The molecular formula is C33H31N3O6. The zero-order valence-electron chi connectivity index (χ0n) is 23.3. The zero-order valence-corrected chi connectivity index (χ0v) is 23.3. The predicted octanol–water partition coefficient (Wildman–Crippen LogP) is 5.32. The van der Waals surface area contributed by atoms with Crippen LogP contribution in [0.1, 0.15) is 40.0 Å². The number of methoxy groups -OCH3 is 1. The summed E-state index contributed by atoms with van der Waals surface area (Å²) < 4.78 is 17.1. The van der Waals surface area contributed by atoms with E-state index in [9.17, 15) is 14.4 Å². The first-order chi connectivity index (χ1) is 20.4. The van der Waals surface area contributed by atoms with Crippen LogP contribution >= 0.6 is 0 Å². The van der Waals surface area contributed by atoms with E-state index in [1.807, 2.05) is 61.5 Å². The van der Waals surface area contributed by atoms with Gasteiger partial charge >= 0.3 is 12.0 Å². The highest BCUT2D eigenvalue weighted by Gasteiger charge is 2.53. The Morgan fingerprint density at radius 3 is 2.33 bits per heavy atom. The lowest BCUT2D eigenvalue weighted by Gasteiger charge is -2.45. The molecular weight excluding hydrogens is 534 g/mol. The summed E-state index contributed by atoms with van der Waals surface area (Å²) in [7, 11) is 1.57. The monoisotopic (exact) mass is 565 g/mol. The number of rotatable bonds is 10. The lowest BCUT2D eigenvalue weighted by Crippen LogP contribution is -2.68. The number of carbonyl (C=O) groups is 3. The van der Waals surface area contributed by atoms with E-state index in [-0.39, 0.29) is 18.6 Å². The summed E-state index contributed by atoms with van der Waals surface area (Å²) >= 11 is 0. The number of nitrogens with zero attached hydrogens (tertiary/aromatic N) is 2. The van der Waals surface area contributed by atoms with Crippen LogP contribution in [-0.4, -0.2) is 41.1 Å². The number of imide groups is 1. The standard InChI is InChI=1S/C33H31N3O6/c1-22(24-8-4-3-5-9-24)35-33(39)36-30(37)28(20-26-10-6-7-11-29(26)40-2)31(36)42-27-14-12-25(13-15-27)32(38)41-21-23-16-18-34-19-17-23/h3-19,22,28,31H,20-21H2,1-2H3,(H,35,39). The van der Waals surface area contributed by atoms with Gasteiger partial charge in [0.25, 0.3) is 0 Å². The summed E-state index contributed by atoms with van der Waals surface area (Å²) in [5, 5.41) is 2.90. The van der Waals surface area contributed by atoms with E-state index >= 15 is 0 Å². The van der Waals surface area contributed by atoms with Gasteiger partial charge in [-0.15, -0.1) is 0 Å². The minimum absolute atomic E-state index is 0.125. The topological polar surface area (TPSA) is 107 Å². The molecule has 1 aromatic heterocycles. The Labute approximate surface area is 244 Å². The van der Waals surface area contributed by atoms with Gasteiger partial charge in [0, 0.05) is 12.4 Å². The van der Waals surface area contributed by atoms with Crippen LogP contribution < -0.4 is 14.8 Å². The Morgan fingerprint density at radius 1 is 0.929 bits per heavy atom. The minimum atomic E-state index is -0.866. The number of amides is 3. The van der Waals surface area contributed by atoms with Crippen molar-refractivity contribution in [2.24, 2.45) is 5.92 Å². The summed E-state index contributed by atoms with van der Waals surface area (Å²) in [5.74, 6) is -0.400. The van der Waals surface area contributed by atoms with Crippen LogP contribution in [-0.2, 0) is 22.6 Å². The molecule has 1 saturated heterocycles. The van der Waals surface area contributed by atoms with Gasteiger partial charge in [-0.3, -0.25) is 9.78 Å². The van der Waals surface area contributed by atoms with Crippen LogP contribution in [0.4, 0.5) is 4.79 Å². The van der Waals surface area contributed by atoms with Gasteiger partial charge in [0.05, 0.1) is 24.6 Å². The molecule has 0 spiro atoms. The second-order valence-corrected chi connectivity index (χ2v) is 9.88. The molecule has 0 saturated carbocycles. The second kappa shape index (κ2) is 13.0. The number of pyridine rings is 1. The number of nitrogens with one attached hydrogen (secondary N) is 1. The van der Waals surface area contributed by atoms with E-state index in [1.165, 1.54) is 0 Å². The van der Waals surface area contributed by atoms with Gasteiger partial charge in [0.2, 0.25) is 5.91 Å². The van der Waals surface area contributed by atoms with Crippen LogP contribution in [0.2, 0.25) is 0 Å². The van der Waals surface area contributed by atoms with Gasteiger partial charge in [-0.1, -0.05) is 48.5 Å². The van der Waals surface area contributed by atoms with Gasteiger partial charge in [0.15, 0.2) is 6.23 Å². The smallest absolute Gasteiger partial charge is 0.338 e. The van der Waals surface area contributed by atoms with Crippen molar-refractivity contribution in [1.29, 1.82) is 0 Å². The summed E-state index contributed by atoms with van der Waals surface area (Å²) in [6, 6.07) is 26.0. The highest BCUT2D eigenvalue weighted by molar-refractivity contribution is 6.01. The van der Waals surface area contributed by atoms with Gasteiger partial charge in [-0.25, -0.2) is 14.5 Å². The number of hydrogen-bond donors (Lipinski definition) is 1. The average molecular weight is 566 g/mol. The number of hydrogen-bond acceptors (Lipinski definition) is 7. The first-order valence-corrected chi connectivity index (χ1v) is 13.6. The maximum atomic E-state index is 13.3. The van der Waals surface area contributed by atoms with Crippen LogP contribution in [0.3, 0.4) is 0 Å². The van der Waals surface area contributed by atoms with Crippen molar-refractivity contribution in [3.63, 3.8) is 0 Å². The van der Waals surface area contributed by atoms with Crippen molar-refractivity contribution in [3.8, 4) is 11.5 Å². The molecule has 1 aliphatic heterocycles. The normalized spacial score (nSPS) is 16.6. The van der Waals surface area contributed by atoms with E-state index in [4.69, 9.17) is 14.2 Å². The van der Waals surface area contributed by atoms with Crippen LogP contribution in [0.5, 0.6) is 11.5 Å². The largest absolute Gasteiger partial charge is 0.496 e. The second-order valence-electron chi connectivity index (χ2n) is 9.88. The molecule has 4 aromatic rings. The predicted molar refractivity (Wildman–Crippen MR) is 155 cm³/mol. The summed E-state index contributed by atoms with van der Waals surface area (Å²) in [6.45, 7) is 1.98. The number of benzene rings is 3. The lowest BCUT2D eigenvalue weighted by atomic mass is 9.88. The van der Waals surface area contributed by atoms with Gasteiger partial charge in [-0.2, -0.15) is 0 Å². The van der Waals surface area contributed by atoms with E-state index in [1.54, 1.807) is 55.9 Å². The van der Waals surface area contributed by atoms with E-state index in [0.29, 0.717) is 23.5 Å². The third-order valence-electron chi connectivity index (χ3n) is 7.11. The SMILES string of the molecule is COc1ccccc1CC1C(=O)N(C(=O)NC(C)c2ccccc2)C1Oc1ccc(C(=O)OCc2ccncc2)cc1. The molecule has 0 aliphatic carbocycles. The third-order valence-corrected chi connectivity index (χ3v) is 7.11. The van der Waals surface area contributed by atoms with Crippen LogP contribution in [0.15, 0.2) is 103 Å². The maximum Gasteiger partial charge on any atom is 0.338 e. The Balaban J connectivity index is 1.30. The molecule has 3 atom stereocenters. The van der Waals surface area contributed by atoms with Crippen molar-refractivity contribution in [1.82, 2.24) is 15.2 Å². The first kappa shape index (κ1) is 28.4. The van der Waals surface area contributed by atoms with Crippen molar-refractivity contribution >= 4 is 17.9 Å². The molecule has 1 N–H and O–H groups in total. The fraction of sp³-hybridized carbons (Fsp3) is 0.212. The number of ether oxygens (including phenoxy) is 3. The number of likely N-dealkylation sites (tertiary alicyclic amines) is 1. The highest BCUT2D eigenvalue weighted by atomic mass is 16.5. The molecule has 9 heteroatoms. The molecule has 0 bridgehead atoms. The average Bonchev–Trinajstić information content (AvgIpc) is 3.03.